The topological polar surface area (TPSA) is 37.8 Å². The molecule has 0 aliphatic rings. The summed E-state index contributed by atoms with van der Waals surface area (Å²) < 4.78 is 0. The van der Waals surface area contributed by atoms with E-state index >= 15 is 0 Å². The van der Waals surface area contributed by atoms with Crippen LogP contribution >= 0.6 is 0 Å². The molecule has 1 heterocycles. The minimum absolute atomic E-state index is 0.789. The monoisotopic (exact) mass is 273 g/mol. The van der Waals surface area contributed by atoms with Gasteiger partial charge in [-0.1, -0.05) is 12.0 Å². The minimum Gasteiger partial charge on any atom is -0.340 e. The Kier molecular flexibility index (Phi) is 3.29. The van der Waals surface area contributed by atoms with Crippen LogP contribution in [0.2, 0.25) is 0 Å². The molecule has 3 nitrogen and oxygen atoms in total. The van der Waals surface area contributed by atoms with Crippen LogP contribution in [0.3, 0.4) is 0 Å². The Bertz CT molecular complexity index is 860. The van der Waals surface area contributed by atoms with E-state index in [4.69, 9.17) is 6.42 Å². The van der Waals surface area contributed by atoms with Crippen LogP contribution in [0.5, 0.6) is 0 Å². The number of hydrogen-bond acceptors (Lipinski definition) is 3. The number of nitrogens with one attached hydrogen (secondary N) is 1. The SMILES string of the molecule is C#Cc1cccc(Nc2ncnc3cc(C)c(C)cc23)c1. The van der Waals surface area contributed by atoms with Crippen LogP contribution in [0.15, 0.2) is 42.7 Å². The molecule has 0 aliphatic carbocycles. The molecule has 0 aliphatic heterocycles. The summed E-state index contributed by atoms with van der Waals surface area (Å²) in [5.74, 6) is 3.42. The van der Waals surface area contributed by atoms with Crippen molar-refractivity contribution in [3.8, 4) is 12.3 Å². The van der Waals surface area contributed by atoms with E-state index in [0.717, 1.165) is 28.0 Å². The maximum atomic E-state index is 5.44. The van der Waals surface area contributed by atoms with Gasteiger partial charge in [-0.2, -0.15) is 0 Å². The van der Waals surface area contributed by atoms with Crippen LogP contribution in [-0.2, 0) is 0 Å². The molecule has 21 heavy (non-hydrogen) atoms. The Morgan fingerprint density at radius 2 is 1.86 bits per heavy atom. The van der Waals surface area contributed by atoms with Gasteiger partial charge in [-0.05, 0) is 55.3 Å². The van der Waals surface area contributed by atoms with Gasteiger partial charge in [-0.25, -0.2) is 9.97 Å². The van der Waals surface area contributed by atoms with Crippen molar-refractivity contribution in [3.63, 3.8) is 0 Å². The van der Waals surface area contributed by atoms with E-state index in [1.165, 1.54) is 11.1 Å². The molecule has 3 heteroatoms. The van der Waals surface area contributed by atoms with Crippen molar-refractivity contribution in [2.24, 2.45) is 0 Å². The maximum Gasteiger partial charge on any atom is 0.141 e. The second-order valence-corrected chi connectivity index (χ2v) is 5.03. The first-order valence-corrected chi connectivity index (χ1v) is 6.73. The van der Waals surface area contributed by atoms with Crippen molar-refractivity contribution in [2.45, 2.75) is 13.8 Å². The average Bonchev–Trinajstić information content (AvgIpc) is 2.49. The van der Waals surface area contributed by atoms with Gasteiger partial charge in [0.1, 0.15) is 12.1 Å². The number of benzene rings is 2. The summed E-state index contributed by atoms with van der Waals surface area (Å²) >= 11 is 0. The summed E-state index contributed by atoms with van der Waals surface area (Å²) in [5, 5.41) is 4.33. The molecule has 3 rings (SSSR count). The lowest BCUT2D eigenvalue weighted by Crippen LogP contribution is -1.97. The molecule has 0 saturated heterocycles. The van der Waals surface area contributed by atoms with Crippen molar-refractivity contribution in [3.05, 3.63) is 59.4 Å². The van der Waals surface area contributed by atoms with E-state index in [1.807, 2.05) is 24.3 Å². The highest BCUT2D eigenvalue weighted by molar-refractivity contribution is 5.91. The smallest absolute Gasteiger partial charge is 0.141 e. The van der Waals surface area contributed by atoms with E-state index in [9.17, 15) is 0 Å². The largest absolute Gasteiger partial charge is 0.340 e. The molecule has 1 N–H and O–H groups in total. The number of hydrogen-bond donors (Lipinski definition) is 1. The van der Waals surface area contributed by atoms with Crippen LogP contribution in [0, 0.1) is 26.2 Å². The first-order valence-electron chi connectivity index (χ1n) is 6.73. The molecular weight excluding hydrogens is 258 g/mol. The molecule has 0 bridgehead atoms. The minimum atomic E-state index is 0.789. The van der Waals surface area contributed by atoms with Crippen LogP contribution in [0.1, 0.15) is 16.7 Å². The lowest BCUT2D eigenvalue weighted by molar-refractivity contribution is 1.21. The Balaban J connectivity index is 2.08. The Morgan fingerprint density at radius 3 is 2.67 bits per heavy atom. The summed E-state index contributed by atoms with van der Waals surface area (Å²) in [6.45, 7) is 4.17. The Morgan fingerprint density at radius 1 is 1.05 bits per heavy atom. The lowest BCUT2D eigenvalue weighted by Gasteiger charge is -2.10. The van der Waals surface area contributed by atoms with Gasteiger partial charge in [0.2, 0.25) is 0 Å². The number of nitrogens with zero attached hydrogens (tertiary/aromatic N) is 2. The summed E-state index contributed by atoms with van der Waals surface area (Å²) in [5.41, 5.74) is 5.14. The van der Waals surface area contributed by atoms with Gasteiger partial charge in [0.25, 0.3) is 0 Å². The van der Waals surface area contributed by atoms with Crippen molar-refractivity contribution in [1.29, 1.82) is 0 Å². The standard InChI is InChI=1S/C18H15N3/c1-4-14-6-5-7-15(10-14)21-18-16-8-12(2)13(3)9-17(16)19-11-20-18/h1,5-11H,2-3H3,(H,19,20,21). The average molecular weight is 273 g/mol. The highest BCUT2D eigenvalue weighted by Gasteiger charge is 2.06. The molecule has 0 amide bonds. The fourth-order valence-corrected chi connectivity index (χ4v) is 2.24. The number of rotatable bonds is 2. The van der Waals surface area contributed by atoms with Crippen molar-refractivity contribution < 1.29 is 0 Å². The number of anilines is 2. The van der Waals surface area contributed by atoms with Crippen molar-refractivity contribution in [1.82, 2.24) is 9.97 Å². The molecule has 0 fully saturated rings. The van der Waals surface area contributed by atoms with E-state index in [1.54, 1.807) is 6.33 Å². The highest BCUT2D eigenvalue weighted by atomic mass is 15.0. The third kappa shape index (κ3) is 2.56. The molecular formula is C18H15N3. The van der Waals surface area contributed by atoms with Crippen LogP contribution in [0.4, 0.5) is 11.5 Å². The van der Waals surface area contributed by atoms with Crippen molar-refractivity contribution >= 4 is 22.4 Å². The highest BCUT2D eigenvalue weighted by Crippen LogP contribution is 2.25. The maximum absolute atomic E-state index is 5.44. The fourth-order valence-electron chi connectivity index (χ4n) is 2.24. The zero-order valence-electron chi connectivity index (χ0n) is 12.0. The molecule has 2 aromatic carbocycles. The lowest BCUT2D eigenvalue weighted by atomic mass is 10.1. The van der Waals surface area contributed by atoms with Gasteiger partial charge >= 0.3 is 0 Å². The third-order valence-corrected chi connectivity index (χ3v) is 3.54. The zero-order valence-corrected chi connectivity index (χ0v) is 12.0. The van der Waals surface area contributed by atoms with E-state index in [0.29, 0.717) is 0 Å². The van der Waals surface area contributed by atoms with Gasteiger partial charge in [0.15, 0.2) is 0 Å². The van der Waals surface area contributed by atoms with Gasteiger partial charge in [-0.15, -0.1) is 6.42 Å². The van der Waals surface area contributed by atoms with Crippen LogP contribution in [-0.4, -0.2) is 9.97 Å². The second-order valence-electron chi connectivity index (χ2n) is 5.03. The third-order valence-electron chi connectivity index (χ3n) is 3.54. The first-order chi connectivity index (χ1) is 10.2. The molecule has 0 unspecified atom stereocenters. The number of fused-ring (bicyclic) bond motifs is 1. The molecule has 0 radical (unpaired) electrons. The van der Waals surface area contributed by atoms with E-state index in [-0.39, 0.29) is 0 Å². The van der Waals surface area contributed by atoms with Gasteiger partial charge in [0.05, 0.1) is 5.52 Å². The zero-order chi connectivity index (χ0) is 14.8. The van der Waals surface area contributed by atoms with Gasteiger partial charge < -0.3 is 5.32 Å². The van der Waals surface area contributed by atoms with Gasteiger partial charge in [0, 0.05) is 16.6 Å². The summed E-state index contributed by atoms with van der Waals surface area (Å²) in [4.78, 5) is 8.69. The second kappa shape index (κ2) is 5.26. The van der Waals surface area contributed by atoms with Crippen LogP contribution in [0.25, 0.3) is 10.9 Å². The molecule has 1 aromatic heterocycles. The predicted octanol–water partition coefficient (Wildman–Crippen LogP) is 3.97. The Hall–Kier alpha value is -2.86. The summed E-state index contributed by atoms with van der Waals surface area (Å²) in [7, 11) is 0. The first kappa shape index (κ1) is 13.1. The Labute approximate surface area is 124 Å². The number of aryl methyl sites for hydroxylation is 2. The fraction of sp³-hybridized carbons (Fsp3) is 0.111. The number of aromatic nitrogens is 2. The van der Waals surface area contributed by atoms with E-state index in [2.05, 4.69) is 47.2 Å². The van der Waals surface area contributed by atoms with E-state index < -0.39 is 0 Å². The predicted molar refractivity (Wildman–Crippen MR) is 86.7 cm³/mol. The van der Waals surface area contributed by atoms with Crippen LogP contribution < -0.4 is 5.32 Å². The quantitative estimate of drug-likeness (QED) is 0.718. The summed E-state index contributed by atoms with van der Waals surface area (Å²) in [6, 6.07) is 11.9. The molecule has 0 spiro atoms. The van der Waals surface area contributed by atoms with Crippen molar-refractivity contribution in [2.75, 3.05) is 5.32 Å². The van der Waals surface area contributed by atoms with Gasteiger partial charge in [-0.3, -0.25) is 0 Å². The summed E-state index contributed by atoms with van der Waals surface area (Å²) in [6.07, 6.45) is 7.01. The molecule has 3 aromatic rings. The molecule has 102 valence electrons. The normalized spacial score (nSPS) is 10.3. The number of terminal acetylenes is 1. The molecule has 0 atom stereocenters. The molecule has 0 saturated carbocycles.